The molecular weight excluding hydrogens is 375 g/mol. The Morgan fingerprint density at radius 1 is 1.03 bits per heavy atom. The van der Waals surface area contributed by atoms with Gasteiger partial charge in [-0.25, -0.2) is 19.2 Å². The highest BCUT2D eigenvalue weighted by atomic mass is 19.1. The first-order valence-corrected chi connectivity index (χ1v) is 8.85. The zero-order valence-corrected chi connectivity index (χ0v) is 15.7. The molecule has 29 heavy (non-hydrogen) atoms. The summed E-state index contributed by atoms with van der Waals surface area (Å²) in [5.74, 6) is -0.746. The second-order valence-corrected chi connectivity index (χ2v) is 6.13. The van der Waals surface area contributed by atoms with Crippen LogP contribution in [-0.4, -0.2) is 35.5 Å². The quantitative estimate of drug-likeness (QED) is 0.598. The molecule has 0 atom stereocenters. The number of carbonyl (C=O) groups is 2. The summed E-state index contributed by atoms with van der Waals surface area (Å²) in [6.45, 7) is 0.408. The van der Waals surface area contributed by atoms with E-state index in [0.29, 0.717) is 29.8 Å². The number of halogens is 1. The van der Waals surface area contributed by atoms with Crippen LogP contribution in [0.1, 0.15) is 26.3 Å². The van der Waals surface area contributed by atoms with Crippen LogP contribution in [0.25, 0.3) is 0 Å². The average molecular weight is 394 g/mol. The molecule has 0 saturated carbocycles. The number of anilines is 2. The second kappa shape index (κ2) is 9.41. The summed E-state index contributed by atoms with van der Waals surface area (Å²) in [5, 5.41) is 5.74. The number of benzene rings is 2. The Bertz CT molecular complexity index is 992. The SMILES string of the molecule is COC(=O)c1cccc(Nc2ncc(C(=O)NCCc3ccc(F)cc3)cn2)c1. The maximum absolute atomic E-state index is 12.9. The molecule has 0 aliphatic rings. The zero-order chi connectivity index (χ0) is 20.6. The molecule has 3 aromatic rings. The Morgan fingerprint density at radius 2 is 1.76 bits per heavy atom. The predicted molar refractivity (Wildman–Crippen MR) is 106 cm³/mol. The van der Waals surface area contributed by atoms with E-state index < -0.39 is 5.97 Å². The molecule has 0 fully saturated rings. The van der Waals surface area contributed by atoms with Gasteiger partial charge in [-0.05, 0) is 42.3 Å². The van der Waals surface area contributed by atoms with Crippen LogP contribution in [0, 0.1) is 5.82 Å². The molecule has 0 bridgehead atoms. The minimum absolute atomic E-state index is 0.287. The number of esters is 1. The largest absolute Gasteiger partial charge is 0.465 e. The van der Waals surface area contributed by atoms with E-state index in [1.807, 2.05) is 0 Å². The summed E-state index contributed by atoms with van der Waals surface area (Å²) >= 11 is 0. The van der Waals surface area contributed by atoms with Gasteiger partial charge in [-0.1, -0.05) is 18.2 Å². The number of ether oxygens (including phenoxy) is 1. The van der Waals surface area contributed by atoms with Gasteiger partial charge in [0, 0.05) is 24.6 Å². The molecule has 2 aromatic carbocycles. The Balaban J connectivity index is 1.54. The lowest BCUT2D eigenvalue weighted by Gasteiger charge is -2.08. The van der Waals surface area contributed by atoms with E-state index in [4.69, 9.17) is 4.74 Å². The Labute approximate surface area is 167 Å². The highest BCUT2D eigenvalue weighted by Crippen LogP contribution is 2.15. The van der Waals surface area contributed by atoms with Gasteiger partial charge in [-0.3, -0.25) is 4.79 Å². The van der Waals surface area contributed by atoms with Gasteiger partial charge < -0.3 is 15.4 Å². The normalized spacial score (nSPS) is 10.3. The third kappa shape index (κ3) is 5.58. The maximum Gasteiger partial charge on any atom is 0.337 e. The summed E-state index contributed by atoms with van der Waals surface area (Å²) < 4.78 is 17.6. The van der Waals surface area contributed by atoms with Crippen LogP contribution < -0.4 is 10.6 Å². The van der Waals surface area contributed by atoms with Gasteiger partial charge in [0.05, 0.1) is 18.2 Å². The van der Waals surface area contributed by atoms with Gasteiger partial charge >= 0.3 is 5.97 Å². The molecule has 0 spiro atoms. The molecule has 7 nitrogen and oxygen atoms in total. The minimum Gasteiger partial charge on any atom is -0.465 e. The zero-order valence-electron chi connectivity index (χ0n) is 15.7. The molecule has 0 aliphatic heterocycles. The average Bonchev–Trinajstić information content (AvgIpc) is 2.75. The lowest BCUT2D eigenvalue weighted by atomic mass is 10.1. The van der Waals surface area contributed by atoms with Crippen molar-refractivity contribution in [3.8, 4) is 0 Å². The molecule has 2 N–H and O–H groups in total. The van der Waals surface area contributed by atoms with Crippen molar-refractivity contribution in [1.29, 1.82) is 0 Å². The Hall–Kier alpha value is -3.81. The van der Waals surface area contributed by atoms with E-state index in [2.05, 4.69) is 20.6 Å². The number of amides is 1. The summed E-state index contributed by atoms with van der Waals surface area (Å²) in [6, 6.07) is 12.8. The number of methoxy groups -OCH3 is 1. The third-order valence-corrected chi connectivity index (χ3v) is 4.07. The topological polar surface area (TPSA) is 93.2 Å². The number of aromatic nitrogens is 2. The number of nitrogens with one attached hydrogen (secondary N) is 2. The molecule has 1 amide bonds. The summed E-state index contributed by atoms with van der Waals surface area (Å²) in [6.07, 6.45) is 3.41. The van der Waals surface area contributed by atoms with Gasteiger partial charge in [0.2, 0.25) is 5.95 Å². The van der Waals surface area contributed by atoms with E-state index in [9.17, 15) is 14.0 Å². The minimum atomic E-state index is -0.442. The van der Waals surface area contributed by atoms with Crippen LogP contribution in [0.3, 0.4) is 0 Å². The Kier molecular flexibility index (Phi) is 6.47. The molecule has 0 saturated heterocycles. The number of hydrogen-bond donors (Lipinski definition) is 2. The number of hydrogen-bond acceptors (Lipinski definition) is 6. The smallest absolute Gasteiger partial charge is 0.337 e. The van der Waals surface area contributed by atoms with Gasteiger partial charge in [0.1, 0.15) is 5.82 Å². The molecular formula is C21H19FN4O3. The first-order chi connectivity index (χ1) is 14.0. The van der Waals surface area contributed by atoms with Crippen molar-refractivity contribution < 1.29 is 18.7 Å². The summed E-state index contributed by atoms with van der Waals surface area (Å²) in [5.41, 5.74) is 2.26. The number of rotatable bonds is 7. The van der Waals surface area contributed by atoms with Crippen LogP contribution in [0.4, 0.5) is 16.0 Å². The first kappa shape index (κ1) is 19.9. The van der Waals surface area contributed by atoms with Crippen LogP contribution in [0.5, 0.6) is 0 Å². The summed E-state index contributed by atoms with van der Waals surface area (Å²) in [4.78, 5) is 32.0. The van der Waals surface area contributed by atoms with E-state index in [-0.39, 0.29) is 17.7 Å². The van der Waals surface area contributed by atoms with Crippen molar-refractivity contribution in [2.75, 3.05) is 19.0 Å². The van der Waals surface area contributed by atoms with Gasteiger partial charge in [0.25, 0.3) is 5.91 Å². The fraction of sp³-hybridized carbons (Fsp3) is 0.143. The van der Waals surface area contributed by atoms with Gasteiger partial charge in [-0.2, -0.15) is 0 Å². The lowest BCUT2D eigenvalue weighted by Crippen LogP contribution is -2.26. The van der Waals surface area contributed by atoms with Crippen molar-refractivity contribution in [2.45, 2.75) is 6.42 Å². The number of nitrogens with zero attached hydrogens (tertiary/aromatic N) is 2. The molecule has 1 heterocycles. The third-order valence-electron chi connectivity index (χ3n) is 4.07. The fourth-order valence-electron chi connectivity index (χ4n) is 2.55. The van der Waals surface area contributed by atoms with Crippen molar-refractivity contribution in [3.63, 3.8) is 0 Å². The standard InChI is InChI=1S/C21H19FN4O3/c1-29-20(28)15-3-2-4-18(11-15)26-21-24-12-16(13-25-21)19(27)23-10-9-14-5-7-17(22)8-6-14/h2-8,11-13H,9-10H2,1H3,(H,23,27)(H,24,25,26). The first-order valence-electron chi connectivity index (χ1n) is 8.85. The Morgan fingerprint density at radius 3 is 2.45 bits per heavy atom. The number of carbonyl (C=O) groups excluding carboxylic acids is 2. The fourth-order valence-corrected chi connectivity index (χ4v) is 2.55. The summed E-state index contributed by atoms with van der Waals surface area (Å²) in [7, 11) is 1.31. The van der Waals surface area contributed by atoms with Crippen LogP contribution in [-0.2, 0) is 11.2 Å². The van der Waals surface area contributed by atoms with Gasteiger partial charge in [0.15, 0.2) is 0 Å². The van der Waals surface area contributed by atoms with Crippen LogP contribution >= 0.6 is 0 Å². The van der Waals surface area contributed by atoms with Crippen molar-refractivity contribution >= 4 is 23.5 Å². The van der Waals surface area contributed by atoms with E-state index in [0.717, 1.165) is 5.56 Å². The maximum atomic E-state index is 12.9. The van der Waals surface area contributed by atoms with Gasteiger partial charge in [-0.15, -0.1) is 0 Å². The van der Waals surface area contributed by atoms with E-state index >= 15 is 0 Å². The van der Waals surface area contributed by atoms with E-state index in [1.165, 1.54) is 31.6 Å². The lowest BCUT2D eigenvalue weighted by molar-refractivity contribution is 0.0600. The molecule has 1 aromatic heterocycles. The molecule has 148 valence electrons. The van der Waals surface area contributed by atoms with Crippen molar-refractivity contribution in [2.24, 2.45) is 0 Å². The van der Waals surface area contributed by atoms with Crippen molar-refractivity contribution in [3.05, 3.63) is 83.4 Å². The second-order valence-electron chi connectivity index (χ2n) is 6.13. The molecule has 0 aliphatic carbocycles. The molecule has 8 heteroatoms. The van der Waals surface area contributed by atoms with Crippen LogP contribution in [0.15, 0.2) is 60.9 Å². The molecule has 0 radical (unpaired) electrons. The predicted octanol–water partition coefficient (Wildman–Crippen LogP) is 3.12. The van der Waals surface area contributed by atoms with Crippen molar-refractivity contribution in [1.82, 2.24) is 15.3 Å². The monoisotopic (exact) mass is 394 g/mol. The molecule has 3 rings (SSSR count). The van der Waals surface area contributed by atoms with Crippen LogP contribution in [0.2, 0.25) is 0 Å². The highest BCUT2D eigenvalue weighted by Gasteiger charge is 2.09. The van der Waals surface area contributed by atoms with E-state index in [1.54, 1.807) is 36.4 Å². The molecule has 0 unspecified atom stereocenters. The highest BCUT2D eigenvalue weighted by molar-refractivity contribution is 5.93.